The lowest BCUT2D eigenvalue weighted by Crippen LogP contribution is -2.05. The third kappa shape index (κ3) is 9.06. The molecule has 0 fully saturated rings. The molecule has 0 radical (unpaired) electrons. The summed E-state index contributed by atoms with van der Waals surface area (Å²) in [6, 6.07) is 25.7. The molecule has 0 saturated heterocycles. The van der Waals surface area contributed by atoms with Crippen molar-refractivity contribution < 1.29 is 0 Å². The summed E-state index contributed by atoms with van der Waals surface area (Å²) < 4.78 is 1.87. The maximum absolute atomic E-state index is 6.07. The topological polar surface area (TPSA) is 51.6 Å². The predicted molar refractivity (Wildman–Crippen MR) is 209 cm³/mol. The number of thiophene rings is 2. The first-order valence-corrected chi connectivity index (χ1v) is 19.4. The van der Waals surface area contributed by atoms with Crippen LogP contribution < -0.4 is 0 Å². The summed E-state index contributed by atoms with van der Waals surface area (Å²) in [5.41, 5.74) is 12.3. The molecule has 0 amide bonds. The van der Waals surface area contributed by atoms with Gasteiger partial charge in [0.05, 0.1) is 29.3 Å². The molecule has 0 atom stereocenters. The van der Waals surface area contributed by atoms with Crippen LogP contribution in [-0.2, 0) is 38.5 Å². The van der Waals surface area contributed by atoms with E-state index in [2.05, 4.69) is 118 Å². The Balaban J connectivity index is 0.000000188. The summed E-state index contributed by atoms with van der Waals surface area (Å²) in [5, 5.41) is 0. The van der Waals surface area contributed by atoms with Crippen molar-refractivity contribution in [3.8, 4) is 21.4 Å². The fourth-order valence-corrected chi connectivity index (χ4v) is 8.08. The molecule has 0 aliphatic carbocycles. The Hall–Kier alpha value is -3.23. The molecule has 8 heteroatoms. The summed E-state index contributed by atoms with van der Waals surface area (Å²) in [5.74, 6) is 1.61. The van der Waals surface area contributed by atoms with Crippen molar-refractivity contribution in [2.24, 2.45) is 0 Å². The Morgan fingerprint density at radius 1 is 0.521 bits per heavy atom. The van der Waals surface area contributed by atoms with E-state index in [1.165, 1.54) is 44.7 Å². The van der Waals surface area contributed by atoms with E-state index in [-0.39, 0.29) is 0 Å². The van der Waals surface area contributed by atoms with E-state index in [0.29, 0.717) is 0 Å². The van der Waals surface area contributed by atoms with E-state index in [9.17, 15) is 0 Å². The molecule has 0 bridgehead atoms. The van der Waals surface area contributed by atoms with Crippen molar-refractivity contribution in [1.29, 1.82) is 0 Å². The highest BCUT2D eigenvalue weighted by atomic mass is 79.9. The molecule has 0 aliphatic heterocycles. The highest BCUT2D eigenvalue weighted by Gasteiger charge is 2.15. The van der Waals surface area contributed by atoms with Gasteiger partial charge in [0.2, 0.25) is 0 Å². The lowest BCUT2D eigenvalue weighted by molar-refractivity contribution is 0.926. The first-order valence-electron chi connectivity index (χ1n) is 16.6. The van der Waals surface area contributed by atoms with Gasteiger partial charge in [-0.15, -0.1) is 22.7 Å². The Morgan fingerprint density at radius 2 is 0.938 bits per heavy atom. The highest BCUT2D eigenvalue weighted by Crippen LogP contribution is 2.32. The van der Waals surface area contributed by atoms with Gasteiger partial charge in [-0.25, -0.2) is 19.9 Å². The maximum atomic E-state index is 6.07. The van der Waals surface area contributed by atoms with Gasteiger partial charge in [0.25, 0.3) is 0 Å². The molecule has 6 rings (SSSR count). The van der Waals surface area contributed by atoms with E-state index >= 15 is 0 Å². The molecular formula is C40H42BrClN4S2. The SMILES string of the molecule is CCc1ccc(Cc2nc(-c3ccc(Br)s3)nc(C)c2CC)cc1.CCc1ccc(Cc2nc(-c3ccc(Cl)s3)nc(C)c2CC)cc1. The molecule has 4 heterocycles. The molecule has 2 aromatic carbocycles. The Labute approximate surface area is 306 Å². The normalized spacial score (nSPS) is 11.0. The summed E-state index contributed by atoms with van der Waals surface area (Å²) in [7, 11) is 0. The van der Waals surface area contributed by atoms with Crippen molar-refractivity contribution in [2.75, 3.05) is 0 Å². The van der Waals surface area contributed by atoms with Crippen LogP contribution in [0.1, 0.15) is 83.9 Å². The number of nitrogens with zero attached hydrogens (tertiary/aromatic N) is 4. The number of benzene rings is 2. The lowest BCUT2D eigenvalue weighted by Gasteiger charge is -2.12. The van der Waals surface area contributed by atoms with Gasteiger partial charge in [-0.3, -0.25) is 0 Å². The van der Waals surface area contributed by atoms with Gasteiger partial charge in [-0.2, -0.15) is 0 Å². The van der Waals surface area contributed by atoms with Crippen molar-refractivity contribution in [1.82, 2.24) is 19.9 Å². The molecule has 0 saturated carbocycles. The fraction of sp³-hybridized carbons (Fsp3) is 0.300. The maximum Gasteiger partial charge on any atom is 0.169 e. The zero-order valence-electron chi connectivity index (χ0n) is 28.5. The molecule has 6 aromatic rings. The van der Waals surface area contributed by atoms with Crippen LogP contribution in [0.15, 0.2) is 76.6 Å². The number of aryl methyl sites for hydroxylation is 4. The first kappa shape index (κ1) is 36.1. The van der Waals surface area contributed by atoms with Gasteiger partial charge < -0.3 is 0 Å². The predicted octanol–water partition coefficient (Wildman–Crippen LogP) is 11.9. The van der Waals surface area contributed by atoms with Crippen LogP contribution in [0.2, 0.25) is 4.34 Å². The zero-order chi connectivity index (χ0) is 34.2. The summed E-state index contributed by atoms with van der Waals surface area (Å²) in [6.07, 6.45) is 5.74. The fourth-order valence-electron chi connectivity index (χ4n) is 5.78. The third-order valence-electron chi connectivity index (χ3n) is 8.50. The van der Waals surface area contributed by atoms with Crippen LogP contribution in [0.3, 0.4) is 0 Å². The molecule has 0 unspecified atom stereocenters. The second-order valence-electron chi connectivity index (χ2n) is 11.7. The van der Waals surface area contributed by atoms with Gasteiger partial charge in [0.1, 0.15) is 0 Å². The standard InChI is InChI=1S/C20H21BrN2S.C20H21ClN2S/c2*1-4-14-6-8-15(9-7-14)12-17-16(5-2)13(3)22-20(23-17)18-10-11-19(21)24-18/h2*6-11H,4-5,12H2,1-3H3. The van der Waals surface area contributed by atoms with Gasteiger partial charge in [0, 0.05) is 24.2 Å². The van der Waals surface area contributed by atoms with E-state index in [1.54, 1.807) is 11.3 Å². The summed E-state index contributed by atoms with van der Waals surface area (Å²) in [6.45, 7) is 12.9. The minimum absolute atomic E-state index is 0.766. The zero-order valence-corrected chi connectivity index (χ0v) is 32.5. The van der Waals surface area contributed by atoms with Crippen molar-refractivity contribution in [3.63, 3.8) is 0 Å². The molecule has 0 N–H and O–H groups in total. The second kappa shape index (κ2) is 16.9. The minimum Gasteiger partial charge on any atom is -0.232 e. The molecule has 4 nitrogen and oxygen atoms in total. The Bertz CT molecular complexity index is 1820. The summed E-state index contributed by atoms with van der Waals surface area (Å²) >= 11 is 12.8. The monoisotopic (exact) mass is 756 g/mol. The Morgan fingerprint density at radius 3 is 1.29 bits per heavy atom. The lowest BCUT2D eigenvalue weighted by atomic mass is 10.0. The largest absolute Gasteiger partial charge is 0.232 e. The number of rotatable bonds is 10. The van der Waals surface area contributed by atoms with Crippen LogP contribution in [0, 0.1) is 13.8 Å². The van der Waals surface area contributed by atoms with Crippen molar-refractivity contribution in [2.45, 2.75) is 80.1 Å². The highest BCUT2D eigenvalue weighted by molar-refractivity contribution is 9.11. The van der Waals surface area contributed by atoms with Gasteiger partial charge in [-0.05, 0) is 113 Å². The average Bonchev–Trinajstić information content (AvgIpc) is 3.73. The Kier molecular flexibility index (Phi) is 12.7. The van der Waals surface area contributed by atoms with Crippen LogP contribution in [-0.4, -0.2) is 19.9 Å². The van der Waals surface area contributed by atoms with Gasteiger partial charge >= 0.3 is 0 Å². The molecule has 0 spiro atoms. The number of aromatic nitrogens is 4. The van der Waals surface area contributed by atoms with Crippen molar-refractivity contribution >= 4 is 50.2 Å². The molecule has 4 aromatic heterocycles. The number of hydrogen-bond donors (Lipinski definition) is 0. The van der Waals surface area contributed by atoms with Gasteiger partial charge in [-0.1, -0.05) is 87.8 Å². The molecule has 48 heavy (non-hydrogen) atoms. The smallest absolute Gasteiger partial charge is 0.169 e. The number of hydrogen-bond acceptors (Lipinski definition) is 6. The molecule has 0 aliphatic rings. The van der Waals surface area contributed by atoms with E-state index in [4.69, 9.17) is 31.5 Å². The van der Waals surface area contributed by atoms with E-state index < -0.39 is 0 Å². The second-order valence-corrected chi connectivity index (χ2v) is 15.9. The first-order chi connectivity index (χ1) is 23.2. The van der Waals surface area contributed by atoms with E-state index in [0.717, 1.165) is 90.8 Å². The van der Waals surface area contributed by atoms with Gasteiger partial charge in [0.15, 0.2) is 11.6 Å². The van der Waals surface area contributed by atoms with Crippen molar-refractivity contribution in [3.05, 3.63) is 137 Å². The van der Waals surface area contributed by atoms with Crippen LogP contribution in [0.5, 0.6) is 0 Å². The average molecular weight is 758 g/mol. The molecule has 248 valence electrons. The minimum atomic E-state index is 0.766. The van der Waals surface area contributed by atoms with Crippen LogP contribution in [0.4, 0.5) is 0 Å². The third-order valence-corrected chi connectivity index (χ3v) is 11.3. The van der Waals surface area contributed by atoms with E-state index in [1.807, 2.05) is 12.1 Å². The quantitative estimate of drug-likeness (QED) is 0.140. The number of halogens is 2. The van der Waals surface area contributed by atoms with Crippen LogP contribution >= 0.6 is 50.2 Å². The molecular weight excluding hydrogens is 716 g/mol. The summed E-state index contributed by atoms with van der Waals surface area (Å²) in [4.78, 5) is 21.3. The van der Waals surface area contributed by atoms with Crippen LogP contribution in [0.25, 0.3) is 21.4 Å².